The molecule has 0 unspecified atom stereocenters. The molecule has 0 fully saturated rings. The van der Waals surface area contributed by atoms with E-state index in [1.54, 1.807) is 12.1 Å². The molecule has 1 aromatic carbocycles. The fourth-order valence-electron chi connectivity index (χ4n) is 2.05. The number of nitrogens with one attached hydrogen (secondary N) is 2. The number of ether oxygens (including phenoxy) is 1. The zero-order chi connectivity index (χ0) is 19.5. The molecule has 144 valence electrons. The van der Waals surface area contributed by atoms with E-state index in [2.05, 4.69) is 10.6 Å². The van der Waals surface area contributed by atoms with Gasteiger partial charge < -0.3 is 25.6 Å². The molecular formula is C17H24N2O6S. The van der Waals surface area contributed by atoms with E-state index < -0.39 is 36.2 Å². The first-order chi connectivity index (χ1) is 12.3. The van der Waals surface area contributed by atoms with Crippen molar-refractivity contribution in [1.82, 2.24) is 10.6 Å². The number of aliphatic hydroxyl groups is 1. The maximum Gasteiger partial charge on any atom is 0.408 e. The smallest absolute Gasteiger partial charge is 0.408 e. The average Bonchev–Trinajstić information content (AvgIpc) is 2.61. The van der Waals surface area contributed by atoms with Crippen molar-refractivity contribution in [2.24, 2.45) is 0 Å². The summed E-state index contributed by atoms with van der Waals surface area (Å²) in [6.45, 7) is 1.31. The summed E-state index contributed by atoms with van der Waals surface area (Å²) in [4.78, 5) is 35.4. The van der Waals surface area contributed by atoms with Gasteiger partial charge in [0, 0.05) is 0 Å². The Balaban J connectivity index is 2.65. The normalized spacial score (nSPS) is 14.0. The van der Waals surface area contributed by atoms with Gasteiger partial charge in [-0.1, -0.05) is 30.3 Å². The summed E-state index contributed by atoms with van der Waals surface area (Å²) < 4.78 is 5.09. The number of alkyl carbamates (subject to hydrolysis) is 1. The fourth-order valence-corrected chi connectivity index (χ4v) is 2.53. The van der Waals surface area contributed by atoms with E-state index in [1.807, 2.05) is 24.5 Å². The number of carbonyl (C=O) groups is 3. The number of rotatable bonds is 10. The van der Waals surface area contributed by atoms with Crippen LogP contribution in [0.3, 0.4) is 0 Å². The number of benzene rings is 1. The van der Waals surface area contributed by atoms with Crippen LogP contribution in [0, 0.1) is 0 Å². The zero-order valence-electron chi connectivity index (χ0n) is 14.7. The molecule has 0 aromatic heterocycles. The molecule has 1 aromatic rings. The summed E-state index contributed by atoms with van der Waals surface area (Å²) in [5.74, 6) is -1.48. The van der Waals surface area contributed by atoms with Crippen molar-refractivity contribution in [2.75, 3.05) is 12.0 Å². The van der Waals surface area contributed by atoms with Crippen LogP contribution in [0.25, 0.3) is 0 Å². The SMILES string of the molecule is CSCC[C@@H](NC(=O)OCc1ccccc1)C(=O)N[C@@H](C(=O)O)[C@H](C)O. The number of hydrogen-bond acceptors (Lipinski definition) is 6. The molecule has 0 saturated heterocycles. The largest absolute Gasteiger partial charge is 0.480 e. The minimum Gasteiger partial charge on any atom is -0.480 e. The van der Waals surface area contributed by atoms with Crippen molar-refractivity contribution in [3.63, 3.8) is 0 Å². The van der Waals surface area contributed by atoms with Gasteiger partial charge in [0.05, 0.1) is 6.10 Å². The molecule has 0 aliphatic rings. The van der Waals surface area contributed by atoms with E-state index in [0.29, 0.717) is 12.2 Å². The van der Waals surface area contributed by atoms with Gasteiger partial charge in [0.15, 0.2) is 6.04 Å². The molecule has 8 nitrogen and oxygen atoms in total. The average molecular weight is 384 g/mol. The Hall–Kier alpha value is -2.26. The molecular weight excluding hydrogens is 360 g/mol. The number of aliphatic carboxylic acids is 1. The Morgan fingerprint density at radius 1 is 1.19 bits per heavy atom. The van der Waals surface area contributed by atoms with Crippen LogP contribution in [0.5, 0.6) is 0 Å². The Morgan fingerprint density at radius 3 is 2.38 bits per heavy atom. The summed E-state index contributed by atoms with van der Waals surface area (Å²) in [6.07, 6.45) is 0.0831. The predicted octanol–water partition coefficient (Wildman–Crippen LogP) is 0.985. The molecule has 2 amide bonds. The lowest BCUT2D eigenvalue weighted by atomic mass is 10.1. The highest BCUT2D eigenvalue weighted by molar-refractivity contribution is 7.98. The highest BCUT2D eigenvalue weighted by atomic mass is 32.2. The topological polar surface area (TPSA) is 125 Å². The summed E-state index contributed by atoms with van der Waals surface area (Å²) in [6, 6.07) is 6.64. The van der Waals surface area contributed by atoms with Crippen LogP contribution in [-0.2, 0) is 20.9 Å². The van der Waals surface area contributed by atoms with Gasteiger partial charge in [-0.25, -0.2) is 9.59 Å². The molecule has 1 rings (SSSR count). The number of hydrogen-bond donors (Lipinski definition) is 4. The first-order valence-corrected chi connectivity index (χ1v) is 9.42. The van der Waals surface area contributed by atoms with Crippen LogP contribution in [0.4, 0.5) is 4.79 Å². The maximum absolute atomic E-state index is 12.3. The van der Waals surface area contributed by atoms with Crippen LogP contribution < -0.4 is 10.6 Å². The van der Waals surface area contributed by atoms with Gasteiger partial charge in [-0.3, -0.25) is 4.79 Å². The van der Waals surface area contributed by atoms with Crippen LogP contribution in [-0.4, -0.2) is 58.4 Å². The Bertz CT molecular complexity index is 596. The van der Waals surface area contributed by atoms with Gasteiger partial charge >= 0.3 is 12.1 Å². The van der Waals surface area contributed by atoms with E-state index in [0.717, 1.165) is 5.56 Å². The van der Waals surface area contributed by atoms with Gasteiger partial charge in [0.2, 0.25) is 5.91 Å². The summed E-state index contributed by atoms with van der Waals surface area (Å²) in [5.41, 5.74) is 0.799. The highest BCUT2D eigenvalue weighted by Gasteiger charge is 2.29. The molecule has 0 spiro atoms. The van der Waals surface area contributed by atoms with Crippen molar-refractivity contribution in [2.45, 2.75) is 38.1 Å². The molecule has 0 radical (unpaired) electrons. The van der Waals surface area contributed by atoms with Crippen molar-refractivity contribution in [3.05, 3.63) is 35.9 Å². The number of amides is 2. The van der Waals surface area contributed by atoms with E-state index in [4.69, 9.17) is 9.84 Å². The third-order valence-corrected chi connectivity index (χ3v) is 4.12. The summed E-state index contributed by atoms with van der Waals surface area (Å²) in [7, 11) is 0. The Labute approximate surface area is 156 Å². The van der Waals surface area contributed by atoms with Gasteiger partial charge in [-0.05, 0) is 30.9 Å². The van der Waals surface area contributed by atoms with E-state index in [1.165, 1.54) is 18.7 Å². The quantitative estimate of drug-likeness (QED) is 0.474. The number of aliphatic hydroxyl groups excluding tert-OH is 1. The van der Waals surface area contributed by atoms with Crippen LogP contribution in [0.1, 0.15) is 18.9 Å². The van der Waals surface area contributed by atoms with Crippen molar-refractivity contribution >= 4 is 29.7 Å². The second kappa shape index (κ2) is 11.4. The molecule has 3 atom stereocenters. The number of thioether (sulfide) groups is 1. The minimum atomic E-state index is -1.46. The molecule has 26 heavy (non-hydrogen) atoms. The minimum absolute atomic E-state index is 0.0506. The monoisotopic (exact) mass is 384 g/mol. The van der Waals surface area contributed by atoms with Crippen molar-refractivity contribution in [3.8, 4) is 0 Å². The van der Waals surface area contributed by atoms with E-state index in [9.17, 15) is 19.5 Å². The molecule has 0 bridgehead atoms. The first kappa shape index (κ1) is 21.8. The lowest BCUT2D eigenvalue weighted by molar-refractivity contribution is -0.145. The van der Waals surface area contributed by atoms with Gasteiger partial charge in [-0.2, -0.15) is 11.8 Å². The summed E-state index contributed by atoms with van der Waals surface area (Å²) >= 11 is 1.48. The molecule has 0 saturated carbocycles. The number of carbonyl (C=O) groups excluding carboxylic acids is 2. The summed E-state index contributed by atoms with van der Waals surface area (Å²) in [5, 5.41) is 23.2. The number of carboxylic acids is 1. The highest BCUT2D eigenvalue weighted by Crippen LogP contribution is 2.05. The van der Waals surface area contributed by atoms with Gasteiger partial charge in [-0.15, -0.1) is 0 Å². The molecule has 9 heteroatoms. The van der Waals surface area contributed by atoms with Gasteiger partial charge in [0.25, 0.3) is 0 Å². The second-order valence-corrected chi connectivity index (χ2v) is 6.59. The molecule has 0 heterocycles. The van der Waals surface area contributed by atoms with Crippen LogP contribution in [0.2, 0.25) is 0 Å². The first-order valence-electron chi connectivity index (χ1n) is 8.02. The van der Waals surface area contributed by atoms with Gasteiger partial charge in [0.1, 0.15) is 12.6 Å². The Morgan fingerprint density at radius 2 is 1.85 bits per heavy atom. The van der Waals surface area contributed by atoms with Crippen LogP contribution in [0.15, 0.2) is 30.3 Å². The third kappa shape index (κ3) is 7.75. The third-order valence-electron chi connectivity index (χ3n) is 3.48. The van der Waals surface area contributed by atoms with E-state index >= 15 is 0 Å². The molecule has 0 aliphatic heterocycles. The zero-order valence-corrected chi connectivity index (χ0v) is 15.5. The standard InChI is InChI=1S/C17H24N2O6S/c1-11(20)14(16(22)23)19-15(21)13(8-9-26-2)18-17(24)25-10-12-6-4-3-5-7-12/h3-7,11,13-14,20H,8-10H2,1-2H3,(H,18,24)(H,19,21)(H,22,23)/t11-,13+,14+/m0/s1. The lowest BCUT2D eigenvalue weighted by Gasteiger charge is -2.22. The molecule has 4 N–H and O–H groups in total. The van der Waals surface area contributed by atoms with Crippen molar-refractivity contribution < 1.29 is 29.3 Å². The lowest BCUT2D eigenvalue weighted by Crippen LogP contribution is -2.54. The van der Waals surface area contributed by atoms with Crippen LogP contribution >= 0.6 is 11.8 Å². The van der Waals surface area contributed by atoms with E-state index in [-0.39, 0.29) is 6.61 Å². The van der Waals surface area contributed by atoms with Crippen molar-refractivity contribution in [1.29, 1.82) is 0 Å². The maximum atomic E-state index is 12.3. The fraction of sp³-hybridized carbons (Fsp3) is 0.471. The number of carboxylic acid groups (broad SMARTS) is 1. The Kier molecular flexibility index (Phi) is 9.53. The second-order valence-electron chi connectivity index (χ2n) is 5.61. The predicted molar refractivity (Wildman–Crippen MR) is 97.8 cm³/mol. The molecule has 0 aliphatic carbocycles.